The van der Waals surface area contributed by atoms with Gasteiger partial charge in [0.25, 0.3) is 0 Å². The van der Waals surface area contributed by atoms with E-state index in [-0.39, 0.29) is 0 Å². The normalized spacial score (nSPS) is 12.9. The molecule has 0 bridgehead atoms. The summed E-state index contributed by atoms with van der Waals surface area (Å²) in [4.78, 5) is 1.41. The molecule has 0 aliphatic heterocycles. The lowest BCUT2D eigenvalue weighted by atomic mass is 9.99. The van der Waals surface area contributed by atoms with Crippen LogP contribution >= 0.6 is 27.3 Å². The molecule has 0 saturated carbocycles. The third-order valence-corrected chi connectivity index (χ3v) is 4.53. The molecule has 1 atom stereocenters. The lowest BCUT2D eigenvalue weighted by Gasteiger charge is -2.14. The number of hydrogen-bond donors (Lipinski definition) is 1. The van der Waals surface area contributed by atoms with Gasteiger partial charge in [0, 0.05) is 11.4 Å². The molecule has 0 aliphatic carbocycles. The summed E-state index contributed by atoms with van der Waals surface area (Å²) in [5, 5.41) is 3.56. The maximum atomic E-state index is 3.56. The van der Waals surface area contributed by atoms with E-state index in [1.165, 1.54) is 34.3 Å². The van der Waals surface area contributed by atoms with E-state index in [0.29, 0.717) is 0 Å². The van der Waals surface area contributed by atoms with Crippen LogP contribution < -0.4 is 5.32 Å². The summed E-state index contributed by atoms with van der Waals surface area (Å²) in [6, 6.07) is 4.31. The van der Waals surface area contributed by atoms with Gasteiger partial charge >= 0.3 is 0 Å². The number of thiophene rings is 1. The molecule has 0 amide bonds. The second kappa shape index (κ2) is 8.26. The Morgan fingerprint density at radius 1 is 1.38 bits per heavy atom. The minimum absolute atomic E-state index is 0.850. The Kier molecular flexibility index (Phi) is 7.33. The van der Waals surface area contributed by atoms with Crippen LogP contribution in [0.4, 0.5) is 0 Å². The molecule has 0 fully saturated rings. The van der Waals surface area contributed by atoms with Crippen LogP contribution in [-0.4, -0.2) is 6.54 Å². The highest BCUT2D eigenvalue weighted by molar-refractivity contribution is 9.11. The third-order valence-electron chi connectivity index (χ3n) is 2.90. The molecule has 16 heavy (non-hydrogen) atoms. The van der Waals surface area contributed by atoms with Crippen LogP contribution in [0.25, 0.3) is 0 Å². The fraction of sp³-hybridized carbons (Fsp3) is 0.692. The van der Waals surface area contributed by atoms with Gasteiger partial charge in [0.2, 0.25) is 0 Å². The first-order chi connectivity index (χ1) is 7.76. The van der Waals surface area contributed by atoms with Crippen molar-refractivity contribution < 1.29 is 0 Å². The average Bonchev–Trinajstić information content (AvgIpc) is 2.69. The van der Waals surface area contributed by atoms with Gasteiger partial charge < -0.3 is 5.32 Å². The molecule has 0 aliphatic rings. The van der Waals surface area contributed by atoms with Crippen molar-refractivity contribution in [3.05, 3.63) is 20.8 Å². The summed E-state index contributed by atoms with van der Waals surface area (Å²) >= 11 is 5.31. The van der Waals surface area contributed by atoms with E-state index in [4.69, 9.17) is 0 Å². The first-order valence-electron chi connectivity index (χ1n) is 6.21. The summed E-state index contributed by atoms with van der Waals surface area (Å²) in [5.41, 5.74) is 0. The molecule has 1 unspecified atom stereocenters. The van der Waals surface area contributed by atoms with Crippen LogP contribution in [0.1, 0.15) is 44.4 Å². The van der Waals surface area contributed by atoms with Gasteiger partial charge in [0.05, 0.1) is 3.79 Å². The van der Waals surface area contributed by atoms with Crippen LogP contribution in [-0.2, 0) is 6.54 Å². The standard InChI is InChI=1S/C13H22BrNS/c1-3-5-6-11(4-2)9-15-10-12-7-8-13(14)16-12/h7-8,11,15H,3-6,9-10H2,1-2H3. The molecule has 1 nitrogen and oxygen atoms in total. The van der Waals surface area contributed by atoms with E-state index < -0.39 is 0 Å². The first kappa shape index (κ1) is 14.2. The van der Waals surface area contributed by atoms with Gasteiger partial charge in [0.1, 0.15) is 0 Å². The highest BCUT2D eigenvalue weighted by Gasteiger charge is 2.05. The third kappa shape index (κ3) is 5.46. The second-order valence-electron chi connectivity index (χ2n) is 4.25. The Morgan fingerprint density at radius 3 is 2.75 bits per heavy atom. The quantitative estimate of drug-likeness (QED) is 0.726. The smallest absolute Gasteiger partial charge is 0.0701 e. The van der Waals surface area contributed by atoms with E-state index in [0.717, 1.165) is 19.0 Å². The van der Waals surface area contributed by atoms with E-state index in [9.17, 15) is 0 Å². The molecule has 0 spiro atoms. The van der Waals surface area contributed by atoms with E-state index >= 15 is 0 Å². The number of halogens is 1. The molecule has 92 valence electrons. The van der Waals surface area contributed by atoms with Crippen molar-refractivity contribution in [3.63, 3.8) is 0 Å². The average molecular weight is 304 g/mol. The van der Waals surface area contributed by atoms with Crippen molar-refractivity contribution in [2.75, 3.05) is 6.54 Å². The molecular weight excluding hydrogens is 282 g/mol. The van der Waals surface area contributed by atoms with E-state index in [2.05, 4.69) is 47.2 Å². The minimum Gasteiger partial charge on any atom is -0.312 e. The summed E-state index contributed by atoms with van der Waals surface area (Å²) in [6.07, 6.45) is 5.34. The van der Waals surface area contributed by atoms with Gasteiger partial charge in [-0.2, -0.15) is 0 Å². The van der Waals surface area contributed by atoms with Crippen molar-refractivity contribution in [2.24, 2.45) is 5.92 Å². The Balaban J connectivity index is 2.17. The first-order valence-corrected chi connectivity index (χ1v) is 7.82. The van der Waals surface area contributed by atoms with Gasteiger partial charge in [-0.1, -0.05) is 33.1 Å². The van der Waals surface area contributed by atoms with Gasteiger partial charge in [0.15, 0.2) is 0 Å². The predicted octanol–water partition coefficient (Wildman–Crippen LogP) is 4.82. The second-order valence-corrected chi connectivity index (χ2v) is 6.80. The topological polar surface area (TPSA) is 12.0 Å². The van der Waals surface area contributed by atoms with Gasteiger partial charge in [-0.25, -0.2) is 0 Å². The van der Waals surface area contributed by atoms with Crippen molar-refractivity contribution >= 4 is 27.3 Å². The number of nitrogens with one attached hydrogen (secondary N) is 1. The molecule has 1 rings (SSSR count). The molecule has 3 heteroatoms. The maximum absolute atomic E-state index is 3.56. The molecule has 1 heterocycles. The van der Waals surface area contributed by atoms with Gasteiger partial charge in [-0.05, 0) is 46.9 Å². The highest BCUT2D eigenvalue weighted by Crippen LogP contribution is 2.21. The fourth-order valence-electron chi connectivity index (χ4n) is 1.79. The largest absolute Gasteiger partial charge is 0.312 e. The molecule has 1 N–H and O–H groups in total. The van der Waals surface area contributed by atoms with Crippen molar-refractivity contribution in [2.45, 2.75) is 46.1 Å². The molecule has 1 aromatic heterocycles. The lowest BCUT2D eigenvalue weighted by molar-refractivity contribution is 0.420. The molecule has 0 saturated heterocycles. The SMILES string of the molecule is CCCCC(CC)CNCc1ccc(Br)s1. The van der Waals surface area contributed by atoms with E-state index in [1.54, 1.807) is 0 Å². The Labute approximate surface area is 112 Å². The number of hydrogen-bond acceptors (Lipinski definition) is 2. The van der Waals surface area contributed by atoms with Crippen molar-refractivity contribution in [1.29, 1.82) is 0 Å². The van der Waals surface area contributed by atoms with Crippen molar-refractivity contribution in [3.8, 4) is 0 Å². The molecule has 0 radical (unpaired) electrons. The predicted molar refractivity (Wildman–Crippen MR) is 77.0 cm³/mol. The monoisotopic (exact) mass is 303 g/mol. The fourth-order valence-corrected chi connectivity index (χ4v) is 3.24. The molecule has 1 aromatic rings. The number of rotatable bonds is 8. The Morgan fingerprint density at radius 2 is 2.19 bits per heavy atom. The number of unbranched alkanes of at least 4 members (excludes halogenated alkanes) is 1. The summed E-state index contributed by atoms with van der Waals surface area (Å²) < 4.78 is 1.22. The Hall–Kier alpha value is 0.140. The highest BCUT2D eigenvalue weighted by atomic mass is 79.9. The Bertz CT molecular complexity index is 285. The van der Waals surface area contributed by atoms with Crippen LogP contribution in [0.15, 0.2) is 15.9 Å². The zero-order chi connectivity index (χ0) is 11.8. The van der Waals surface area contributed by atoms with Crippen LogP contribution in [0.5, 0.6) is 0 Å². The van der Waals surface area contributed by atoms with E-state index in [1.807, 2.05) is 11.3 Å². The zero-order valence-electron chi connectivity index (χ0n) is 10.3. The van der Waals surface area contributed by atoms with Crippen LogP contribution in [0, 0.1) is 5.92 Å². The zero-order valence-corrected chi connectivity index (χ0v) is 12.7. The van der Waals surface area contributed by atoms with Crippen LogP contribution in [0.3, 0.4) is 0 Å². The summed E-state index contributed by atoms with van der Waals surface area (Å²) in [5.74, 6) is 0.850. The van der Waals surface area contributed by atoms with Gasteiger partial charge in [-0.15, -0.1) is 11.3 Å². The minimum atomic E-state index is 0.850. The lowest BCUT2D eigenvalue weighted by Crippen LogP contribution is -2.21. The molecule has 0 aromatic carbocycles. The van der Waals surface area contributed by atoms with Crippen molar-refractivity contribution in [1.82, 2.24) is 5.32 Å². The summed E-state index contributed by atoms with van der Waals surface area (Å²) in [7, 11) is 0. The van der Waals surface area contributed by atoms with Gasteiger partial charge in [-0.3, -0.25) is 0 Å². The summed E-state index contributed by atoms with van der Waals surface area (Å²) in [6.45, 7) is 6.73. The molecular formula is C13H22BrNS. The van der Waals surface area contributed by atoms with Crippen LogP contribution in [0.2, 0.25) is 0 Å². The maximum Gasteiger partial charge on any atom is 0.0701 e.